The van der Waals surface area contributed by atoms with E-state index in [1.54, 1.807) is 6.26 Å². The SMILES string of the molecule is C[C@H]1N=C(c2ccccc2)c2cc(Br)ccc2-n2cnc(-c3ccco3)c21. The number of nitrogens with zero attached hydrogens (tertiary/aromatic N) is 3. The third-order valence-electron chi connectivity index (χ3n) is 4.80. The van der Waals surface area contributed by atoms with E-state index in [9.17, 15) is 0 Å². The highest BCUT2D eigenvalue weighted by atomic mass is 79.9. The molecule has 1 atom stereocenters. The molecule has 0 unspecified atom stereocenters. The number of halogens is 1. The standard InChI is InChI=1S/C22H16BrN3O/c1-14-22-21(19-8-5-11-27-19)24-13-26(22)18-10-9-16(23)12-17(18)20(25-14)15-6-3-2-4-7-15/h2-14H,1H3/t14-/m1/s1. The van der Waals surface area contributed by atoms with Gasteiger partial charge in [0.05, 0.1) is 29.4 Å². The van der Waals surface area contributed by atoms with Crippen molar-refractivity contribution < 1.29 is 4.42 Å². The van der Waals surface area contributed by atoms with E-state index in [1.807, 2.05) is 42.7 Å². The van der Waals surface area contributed by atoms with Crippen LogP contribution in [0.1, 0.15) is 29.8 Å². The molecule has 2 aromatic carbocycles. The van der Waals surface area contributed by atoms with E-state index < -0.39 is 0 Å². The van der Waals surface area contributed by atoms with Crippen LogP contribution in [0.2, 0.25) is 0 Å². The highest BCUT2D eigenvalue weighted by Crippen LogP contribution is 2.37. The molecular weight excluding hydrogens is 402 g/mol. The van der Waals surface area contributed by atoms with Crippen LogP contribution in [0.15, 0.2) is 87.1 Å². The number of benzene rings is 2. The molecule has 5 heteroatoms. The summed E-state index contributed by atoms with van der Waals surface area (Å²) in [5.41, 5.74) is 6.07. The van der Waals surface area contributed by atoms with E-state index in [4.69, 9.17) is 9.41 Å². The molecular formula is C22H16BrN3O. The molecule has 5 rings (SSSR count). The number of hydrogen-bond acceptors (Lipinski definition) is 3. The molecule has 0 aliphatic carbocycles. The van der Waals surface area contributed by atoms with Crippen molar-refractivity contribution in [3.63, 3.8) is 0 Å². The van der Waals surface area contributed by atoms with Crippen molar-refractivity contribution >= 4 is 21.6 Å². The Hall–Kier alpha value is -2.92. The first kappa shape index (κ1) is 16.3. The van der Waals surface area contributed by atoms with Gasteiger partial charge in [0.2, 0.25) is 0 Å². The van der Waals surface area contributed by atoms with Gasteiger partial charge in [0, 0.05) is 15.6 Å². The second-order valence-electron chi connectivity index (χ2n) is 6.51. The molecule has 3 heterocycles. The zero-order valence-corrected chi connectivity index (χ0v) is 16.2. The number of fused-ring (bicyclic) bond motifs is 3. The van der Waals surface area contributed by atoms with Crippen LogP contribution < -0.4 is 0 Å². The lowest BCUT2D eigenvalue weighted by molar-refractivity contribution is 0.578. The summed E-state index contributed by atoms with van der Waals surface area (Å²) in [6, 6.07) is 20.3. The summed E-state index contributed by atoms with van der Waals surface area (Å²) in [5, 5.41) is 0. The Kier molecular flexibility index (Phi) is 3.83. The van der Waals surface area contributed by atoms with Gasteiger partial charge >= 0.3 is 0 Å². The molecule has 2 aromatic heterocycles. The van der Waals surface area contributed by atoms with Crippen molar-refractivity contribution in [2.75, 3.05) is 0 Å². The normalized spacial score (nSPS) is 15.6. The van der Waals surface area contributed by atoms with Crippen molar-refractivity contribution in [3.8, 4) is 17.1 Å². The van der Waals surface area contributed by atoms with Gasteiger partial charge in [-0.3, -0.25) is 9.56 Å². The van der Waals surface area contributed by atoms with E-state index >= 15 is 0 Å². The molecule has 1 aliphatic rings. The van der Waals surface area contributed by atoms with Gasteiger partial charge in [0.15, 0.2) is 5.76 Å². The highest BCUT2D eigenvalue weighted by molar-refractivity contribution is 9.10. The summed E-state index contributed by atoms with van der Waals surface area (Å²) < 4.78 is 8.77. The number of aromatic nitrogens is 2. The Morgan fingerprint density at radius 1 is 1.04 bits per heavy atom. The predicted molar refractivity (Wildman–Crippen MR) is 109 cm³/mol. The summed E-state index contributed by atoms with van der Waals surface area (Å²) in [4.78, 5) is 9.75. The molecule has 4 aromatic rings. The van der Waals surface area contributed by atoms with E-state index in [0.29, 0.717) is 0 Å². The van der Waals surface area contributed by atoms with Gasteiger partial charge in [-0.05, 0) is 37.3 Å². The lowest BCUT2D eigenvalue weighted by Gasteiger charge is -2.12. The Morgan fingerprint density at radius 3 is 2.67 bits per heavy atom. The number of imidazole rings is 1. The van der Waals surface area contributed by atoms with E-state index in [2.05, 4.69) is 56.7 Å². The first-order valence-electron chi connectivity index (χ1n) is 8.77. The molecule has 0 fully saturated rings. The van der Waals surface area contributed by atoms with Crippen molar-refractivity contribution in [1.29, 1.82) is 0 Å². The van der Waals surface area contributed by atoms with Crippen molar-refractivity contribution in [2.45, 2.75) is 13.0 Å². The summed E-state index contributed by atoms with van der Waals surface area (Å²) in [6.45, 7) is 2.10. The first-order valence-corrected chi connectivity index (χ1v) is 9.56. The number of hydrogen-bond donors (Lipinski definition) is 0. The van der Waals surface area contributed by atoms with E-state index in [1.165, 1.54) is 0 Å². The number of aliphatic imine (C=N–C) groups is 1. The summed E-state index contributed by atoms with van der Waals surface area (Å²) in [6.07, 6.45) is 3.53. The smallest absolute Gasteiger partial charge is 0.154 e. The minimum Gasteiger partial charge on any atom is -0.463 e. The molecule has 0 radical (unpaired) electrons. The maximum atomic E-state index is 5.62. The molecule has 0 amide bonds. The van der Waals surface area contributed by atoms with Gasteiger partial charge in [-0.25, -0.2) is 4.98 Å². The number of furan rings is 1. The lowest BCUT2D eigenvalue weighted by Crippen LogP contribution is -2.06. The number of rotatable bonds is 2. The summed E-state index contributed by atoms with van der Waals surface area (Å²) in [7, 11) is 0. The Bertz CT molecular complexity index is 1140. The monoisotopic (exact) mass is 417 g/mol. The molecule has 0 saturated heterocycles. The van der Waals surface area contributed by atoms with Crippen LogP contribution in [0.4, 0.5) is 0 Å². The maximum absolute atomic E-state index is 5.62. The van der Waals surface area contributed by atoms with Gasteiger partial charge in [-0.15, -0.1) is 0 Å². The molecule has 0 saturated carbocycles. The van der Waals surface area contributed by atoms with Crippen LogP contribution in [0.5, 0.6) is 0 Å². The maximum Gasteiger partial charge on any atom is 0.154 e. The molecule has 132 valence electrons. The molecule has 0 N–H and O–H groups in total. The quantitative estimate of drug-likeness (QED) is 0.413. The minimum atomic E-state index is -0.0750. The van der Waals surface area contributed by atoms with Crippen LogP contribution in [-0.4, -0.2) is 15.3 Å². The Labute approximate surface area is 165 Å². The Balaban J connectivity index is 1.81. The molecule has 27 heavy (non-hydrogen) atoms. The summed E-state index contributed by atoms with van der Waals surface area (Å²) in [5.74, 6) is 0.757. The molecule has 4 nitrogen and oxygen atoms in total. The third kappa shape index (κ3) is 2.66. The fourth-order valence-corrected chi connectivity index (χ4v) is 3.97. The van der Waals surface area contributed by atoms with Crippen LogP contribution in [-0.2, 0) is 0 Å². The zero-order valence-electron chi connectivity index (χ0n) is 14.6. The average molecular weight is 418 g/mol. The second-order valence-corrected chi connectivity index (χ2v) is 7.42. The van der Waals surface area contributed by atoms with Crippen LogP contribution in [0.25, 0.3) is 17.1 Å². The van der Waals surface area contributed by atoms with Crippen molar-refractivity contribution in [1.82, 2.24) is 9.55 Å². The largest absolute Gasteiger partial charge is 0.463 e. The first-order chi connectivity index (χ1) is 13.2. The minimum absolute atomic E-state index is 0.0750. The molecule has 0 spiro atoms. The Morgan fingerprint density at radius 2 is 1.89 bits per heavy atom. The topological polar surface area (TPSA) is 43.3 Å². The van der Waals surface area contributed by atoms with Crippen molar-refractivity contribution in [2.24, 2.45) is 4.99 Å². The van der Waals surface area contributed by atoms with Gasteiger partial charge < -0.3 is 4.42 Å². The average Bonchev–Trinajstić information content (AvgIpc) is 3.34. The third-order valence-corrected chi connectivity index (χ3v) is 5.29. The van der Waals surface area contributed by atoms with Crippen LogP contribution in [0, 0.1) is 0 Å². The predicted octanol–water partition coefficient (Wildman–Crippen LogP) is 5.81. The second kappa shape index (κ2) is 6.35. The summed E-state index contributed by atoms with van der Waals surface area (Å²) >= 11 is 3.61. The van der Waals surface area contributed by atoms with Crippen molar-refractivity contribution in [3.05, 3.63) is 94.5 Å². The molecule has 0 bridgehead atoms. The van der Waals surface area contributed by atoms with Gasteiger partial charge in [0.1, 0.15) is 12.0 Å². The molecule has 1 aliphatic heterocycles. The fourth-order valence-electron chi connectivity index (χ4n) is 3.61. The fraction of sp³-hybridized carbons (Fsp3) is 0.0909. The van der Waals surface area contributed by atoms with Gasteiger partial charge in [-0.1, -0.05) is 46.3 Å². The van der Waals surface area contributed by atoms with E-state index in [0.717, 1.165) is 44.1 Å². The zero-order chi connectivity index (χ0) is 18.4. The van der Waals surface area contributed by atoms with E-state index in [-0.39, 0.29) is 6.04 Å². The lowest BCUT2D eigenvalue weighted by atomic mass is 10.0. The van der Waals surface area contributed by atoms with Crippen LogP contribution in [0.3, 0.4) is 0 Å². The highest BCUT2D eigenvalue weighted by Gasteiger charge is 2.27. The van der Waals surface area contributed by atoms with Gasteiger partial charge in [0.25, 0.3) is 0 Å². The van der Waals surface area contributed by atoms with Crippen LogP contribution >= 0.6 is 15.9 Å². The van der Waals surface area contributed by atoms with Gasteiger partial charge in [-0.2, -0.15) is 0 Å².